The Kier molecular flexibility index (Phi) is 16.1. The van der Waals surface area contributed by atoms with Gasteiger partial charge in [-0.15, -0.1) is 0 Å². The summed E-state index contributed by atoms with van der Waals surface area (Å²) in [5.74, 6) is -3.31. The van der Waals surface area contributed by atoms with E-state index in [0.717, 1.165) is 28.8 Å². The number of aliphatic hydroxyl groups excluding tert-OH is 2. The van der Waals surface area contributed by atoms with E-state index in [-0.39, 0.29) is 43.4 Å². The van der Waals surface area contributed by atoms with E-state index < -0.39 is 46.7 Å². The molecule has 6 aromatic carbocycles. The van der Waals surface area contributed by atoms with Gasteiger partial charge in [-0.05, 0) is 102 Å². The molecule has 9 nitrogen and oxygen atoms in total. The second kappa shape index (κ2) is 22.2. The Morgan fingerprint density at radius 1 is 0.522 bits per heavy atom. The highest BCUT2D eigenvalue weighted by Gasteiger charge is 2.44. The molecule has 2 amide bonds. The van der Waals surface area contributed by atoms with Crippen LogP contribution in [0.2, 0.25) is 0 Å². The molecule has 15 heteroatoms. The van der Waals surface area contributed by atoms with E-state index in [4.69, 9.17) is 14.6 Å². The molecule has 0 bridgehead atoms. The maximum Gasteiger partial charge on any atom is 0.411 e. The van der Waals surface area contributed by atoms with Crippen LogP contribution in [0, 0.1) is 34.9 Å². The van der Waals surface area contributed by atoms with Crippen molar-refractivity contribution in [3.8, 4) is 22.3 Å². The summed E-state index contributed by atoms with van der Waals surface area (Å²) >= 11 is 0. The van der Waals surface area contributed by atoms with E-state index in [9.17, 15) is 41.0 Å². The van der Waals surface area contributed by atoms with Crippen LogP contribution in [-0.2, 0) is 20.7 Å². The van der Waals surface area contributed by atoms with Gasteiger partial charge in [0.05, 0.1) is 18.7 Å². The van der Waals surface area contributed by atoms with Crippen molar-refractivity contribution in [3.63, 3.8) is 0 Å². The molecule has 0 saturated carbocycles. The van der Waals surface area contributed by atoms with E-state index in [1.807, 2.05) is 26.0 Å². The van der Waals surface area contributed by atoms with E-state index in [2.05, 4.69) is 5.32 Å². The molecule has 362 valence electrons. The van der Waals surface area contributed by atoms with Crippen molar-refractivity contribution >= 4 is 12.2 Å². The molecule has 2 aliphatic heterocycles. The lowest BCUT2D eigenvalue weighted by molar-refractivity contribution is -0.0719. The average Bonchev–Trinajstić information content (AvgIpc) is 3.33. The first-order valence-electron chi connectivity index (χ1n) is 22.7. The first-order chi connectivity index (χ1) is 33.2. The molecule has 8 rings (SSSR count). The van der Waals surface area contributed by atoms with Crippen LogP contribution in [0.25, 0.3) is 22.3 Å². The van der Waals surface area contributed by atoms with Gasteiger partial charge in [-0.25, -0.2) is 35.9 Å². The van der Waals surface area contributed by atoms with Crippen LogP contribution < -0.4 is 5.32 Å². The number of hydrogen-bond acceptors (Lipinski definition) is 7. The van der Waals surface area contributed by atoms with Crippen LogP contribution in [0.5, 0.6) is 0 Å². The fourth-order valence-corrected chi connectivity index (χ4v) is 8.96. The van der Waals surface area contributed by atoms with Crippen LogP contribution in [-0.4, -0.2) is 71.6 Å². The molecule has 2 saturated heterocycles. The zero-order valence-electron chi connectivity index (χ0n) is 38.1. The van der Waals surface area contributed by atoms with Gasteiger partial charge in [0, 0.05) is 75.2 Å². The Bertz CT molecular complexity index is 2690. The quantitative estimate of drug-likeness (QED) is 0.0694. The molecule has 3 N–H and O–H groups in total. The Morgan fingerprint density at radius 3 is 1.28 bits per heavy atom. The summed E-state index contributed by atoms with van der Waals surface area (Å²) in [6.45, 7) is 5.32. The minimum Gasteiger partial charge on any atom is -0.438 e. The van der Waals surface area contributed by atoms with Crippen molar-refractivity contribution in [3.05, 3.63) is 191 Å². The molecular formula is C54H53F6N3O6. The lowest BCUT2D eigenvalue weighted by atomic mass is 9.85. The summed E-state index contributed by atoms with van der Waals surface area (Å²) in [5.41, 5.74) is 2.91. The Balaban J connectivity index is 0.000000205. The average molecular weight is 954 g/mol. The predicted molar refractivity (Wildman–Crippen MR) is 248 cm³/mol. The lowest BCUT2D eigenvalue weighted by Gasteiger charge is -2.43. The third kappa shape index (κ3) is 11.6. The number of carbonyl (C=O) groups is 2. The topological polar surface area (TPSA) is 112 Å². The Hall–Kier alpha value is -6.68. The van der Waals surface area contributed by atoms with Gasteiger partial charge in [0.25, 0.3) is 0 Å². The Morgan fingerprint density at radius 2 is 0.913 bits per heavy atom. The van der Waals surface area contributed by atoms with Crippen LogP contribution >= 0.6 is 0 Å². The molecular weight excluding hydrogens is 901 g/mol. The van der Waals surface area contributed by atoms with Gasteiger partial charge in [-0.3, -0.25) is 0 Å². The molecule has 2 fully saturated rings. The fourth-order valence-electron chi connectivity index (χ4n) is 8.96. The summed E-state index contributed by atoms with van der Waals surface area (Å²) in [5, 5.41) is 21.7. The molecule has 0 unspecified atom stereocenters. The predicted octanol–water partition coefficient (Wildman–Crippen LogP) is 11.5. The van der Waals surface area contributed by atoms with Crippen LogP contribution in [0.15, 0.2) is 133 Å². The molecule has 0 aliphatic carbocycles. The number of ether oxygens (including phenoxy) is 2. The number of nitrogens with one attached hydrogen (secondary N) is 1. The SMILES string of the molecule is C[C@@H](c1ccc(-c2ccc(F)cc2F)cc1)N1CC[C@](CCNCCO)(c2ccc(F)cc2)OC1=O.C[C@@H](c1ccc(-c2ccc(F)cc2F)cc1)N1CC[C@](CCO)(c2ccc(F)cc2)OC1=O. The van der Waals surface area contributed by atoms with Gasteiger partial charge in [0.1, 0.15) is 46.1 Å². The standard InChI is InChI=1S/C28H29F3N2O3.C26H24F3NO3/c1-19(20-2-4-21(5-3-20)25-11-10-24(30)18-26(25)31)33-16-13-28(36-27(33)35,12-14-32-15-17-34)22-6-8-23(29)9-7-22;1-17(18-2-4-19(5-3-18)23-11-10-22(28)16-24(23)29)30-14-12-26(13-15-31,33-25(30)32)20-6-8-21(27)9-7-20/h2-11,18-19,32,34H,12-17H2,1H3;2-11,16-17,31H,12-15H2,1H3/t19-,28+;17-,26-/m00/s1. The molecule has 2 aliphatic rings. The number of halogens is 6. The van der Waals surface area contributed by atoms with Gasteiger partial charge < -0.3 is 34.8 Å². The van der Waals surface area contributed by atoms with Gasteiger partial charge >= 0.3 is 12.2 Å². The minimum atomic E-state index is -1.01. The number of benzene rings is 6. The fraction of sp³-hybridized carbons (Fsp3) is 0.296. The largest absolute Gasteiger partial charge is 0.438 e. The summed E-state index contributed by atoms with van der Waals surface area (Å²) in [6.07, 6.45) is 0.631. The normalized spacial score (nSPS) is 19.0. The van der Waals surface area contributed by atoms with Crippen molar-refractivity contribution in [2.45, 2.75) is 62.8 Å². The number of rotatable bonds is 15. The highest BCUT2D eigenvalue weighted by Crippen LogP contribution is 2.42. The van der Waals surface area contributed by atoms with Crippen molar-refractivity contribution in [1.82, 2.24) is 15.1 Å². The number of nitrogens with zero attached hydrogens (tertiary/aromatic N) is 2. The molecule has 2 heterocycles. The number of hydrogen-bond donors (Lipinski definition) is 3. The molecule has 69 heavy (non-hydrogen) atoms. The zero-order valence-corrected chi connectivity index (χ0v) is 38.1. The van der Waals surface area contributed by atoms with E-state index in [1.165, 1.54) is 48.5 Å². The number of amides is 2. The van der Waals surface area contributed by atoms with Gasteiger partial charge in [-0.1, -0.05) is 72.8 Å². The van der Waals surface area contributed by atoms with Crippen molar-refractivity contribution in [2.24, 2.45) is 0 Å². The first kappa shape index (κ1) is 50.2. The monoisotopic (exact) mass is 953 g/mol. The van der Waals surface area contributed by atoms with Crippen LogP contribution in [0.1, 0.15) is 73.9 Å². The number of cyclic esters (lactones) is 2. The highest BCUT2D eigenvalue weighted by atomic mass is 19.2. The maximum atomic E-state index is 14.2. The summed E-state index contributed by atoms with van der Waals surface area (Å²) in [7, 11) is 0. The first-order valence-corrected chi connectivity index (χ1v) is 22.7. The summed E-state index contributed by atoms with van der Waals surface area (Å²) in [4.78, 5) is 29.4. The third-order valence-electron chi connectivity index (χ3n) is 13.0. The number of aliphatic hydroxyl groups is 2. The summed E-state index contributed by atoms with van der Waals surface area (Å²) in [6, 6.07) is 32.2. The van der Waals surface area contributed by atoms with Gasteiger partial charge in [-0.2, -0.15) is 0 Å². The minimum absolute atomic E-state index is 0.00121. The molecule has 4 atom stereocenters. The zero-order chi connectivity index (χ0) is 49.3. The second-order valence-corrected chi connectivity index (χ2v) is 17.2. The van der Waals surface area contributed by atoms with Crippen molar-refractivity contribution in [2.75, 3.05) is 39.4 Å². The van der Waals surface area contributed by atoms with Gasteiger partial charge in [0.2, 0.25) is 0 Å². The van der Waals surface area contributed by atoms with Crippen molar-refractivity contribution < 1.29 is 55.6 Å². The third-order valence-corrected chi connectivity index (χ3v) is 13.0. The second-order valence-electron chi connectivity index (χ2n) is 17.2. The lowest BCUT2D eigenvalue weighted by Crippen LogP contribution is -2.49. The maximum absolute atomic E-state index is 14.2. The number of carbonyl (C=O) groups excluding carboxylic acids is 2. The highest BCUT2D eigenvalue weighted by molar-refractivity contribution is 5.72. The molecule has 0 aromatic heterocycles. The smallest absolute Gasteiger partial charge is 0.411 e. The van der Waals surface area contributed by atoms with E-state index in [1.54, 1.807) is 70.5 Å². The summed E-state index contributed by atoms with van der Waals surface area (Å²) < 4.78 is 93.5. The molecule has 0 spiro atoms. The van der Waals surface area contributed by atoms with Crippen LogP contribution in [0.4, 0.5) is 35.9 Å². The molecule has 0 radical (unpaired) electrons. The van der Waals surface area contributed by atoms with E-state index in [0.29, 0.717) is 73.3 Å². The Labute approximate surface area is 396 Å². The molecule has 6 aromatic rings. The van der Waals surface area contributed by atoms with E-state index >= 15 is 0 Å². The van der Waals surface area contributed by atoms with Crippen LogP contribution in [0.3, 0.4) is 0 Å². The van der Waals surface area contributed by atoms with Gasteiger partial charge in [0.15, 0.2) is 0 Å². The van der Waals surface area contributed by atoms with Crippen molar-refractivity contribution in [1.29, 1.82) is 0 Å².